The highest BCUT2D eigenvalue weighted by atomic mass is 19.1. The third-order valence-corrected chi connectivity index (χ3v) is 2.94. The van der Waals surface area contributed by atoms with E-state index in [0.29, 0.717) is 19.0 Å². The van der Waals surface area contributed by atoms with Crippen LogP contribution in [0.3, 0.4) is 0 Å². The molecule has 0 aliphatic heterocycles. The fourth-order valence-electron chi connectivity index (χ4n) is 2.07. The molecule has 0 saturated heterocycles. The van der Waals surface area contributed by atoms with Crippen LogP contribution >= 0.6 is 0 Å². The molecule has 0 spiro atoms. The largest absolute Gasteiger partial charge is 0.478 e. The first kappa shape index (κ1) is 16.4. The van der Waals surface area contributed by atoms with Crippen LogP contribution in [0.4, 0.5) is 10.1 Å². The number of aromatic carboxylic acids is 1. The standard InChI is InChI=1S/C15H23FN2O2/c1-11(2)10-18(9-8-17(3)4)14-12(15(19)20)6-5-7-13(14)16/h5-7,11H,8-10H2,1-4H3,(H,19,20). The molecule has 4 nitrogen and oxygen atoms in total. The minimum Gasteiger partial charge on any atom is -0.478 e. The summed E-state index contributed by atoms with van der Waals surface area (Å²) in [6, 6.07) is 4.19. The third-order valence-electron chi connectivity index (χ3n) is 2.94. The number of hydrogen-bond acceptors (Lipinski definition) is 3. The molecule has 1 aromatic carbocycles. The van der Waals surface area contributed by atoms with Gasteiger partial charge in [0.25, 0.3) is 0 Å². The quantitative estimate of drug-likeness (QED) is 0.834. The molecule has 0 aliphatic rings. The zero-order chi connectivity index (χ0) is 15.3. The van der Waals surface area contributed by atoms with E-state index in [-0.39, 0.29) is 11.3 Å². The number of halogens is 1. The second-order valence-electron chi connectivity index (χ2n) is 5.58. The predicted molar refractivity (Wildman–Crippen MR) is 79.0 cm³/mol. The number of nitrogens with zero attached hydrogens (tertiary/aromatic N) is 2. The van der Waals surface area contributed by atoms with Crippen LogP contribution in [0.1, 0.15) is 24.2 Å². The minimum absolute atomic E-state index is 0.0180. The molecule has 0 fully saturated rings. The van der Waals surface area contributed by atoms with E-state index in [4.69, 9.17) is 0 Å². The molecule has 0 bridgehead atoms. The Kier molecular flexibility index (Phi) is 5.95. The summed E-state index contributed by atoms with van der Waals surface area (Å²) in [7, 11) is 3.88. The molecule has 20 heavy (non-hydrogen) atoms. The Bertz CT molecular complexity index is 461. The monoisotopic (exact) mass is 282 g/mol. The van der Waals surface area contributed by atoms with Crippen molar-refractivity contribution >= 4 is 11.7 Å². The van der Waals surface area contributed by atoms with Crippen LogP contribution in [-0.2, 0) is 0 Å². The minimum atomic E-state index is -1.10. The van der Waals surface area contributed by atoms with E-state index in [9.17, 15) is 14.3 Å². The summed E-state index contributed by atoms with van der Waals surface area (Å²) in [4.78, 5) is 15.1. The summed E-state index contributed by atoms with van der Waals surface area (Å²) in [5.74, 6) is -1.26. The summed E-state index contributed by atoms with van der Waals surface area (Å²) in [6.45, 7) is 6.01. The Hall–Kier alpha value is -1.62. The number of carboxylic acids is 1. The van der Waals surface area contributed by atoms with Gasteiger partial charge in [-0.25, -0.2) is 9.18 Å². The lowest BCUT2D eigenvalue weighted by Crippen LogP contribution is -2.36. The molecule has 1 rings (SSSR count). The van der Waals surface area contributed by atoms with Gasteiger partial charge in [-0.3, -0.25) is 0 Å². The summed E-state index contributed by atoms with van der Waals surface area (Å²) in [5.41, 5.74) is 0.208. The molecular weight excluding hydrogens is 259 g/mol. The Balaban J connectivity index is 3.14. The number of likely N-dealkylation sites (N-methyl/N-ethyl adjacent to an activating group) is 1. The first-order valence-electron chi connectivity index (χ1n) is 6.74. The number of carboxylic acid groups (broad SMARTS) is 1. The molecule has 1 N–H and O–H groups in total. The van der Waals surface area contributed by atoms with E-state index in [0.717, 1.165) is 6.54 Å². The molecule has 0 unspecified atom stereocenters. The number of hydrogen-bond donors (Lipinski definition) is 1. The lowest BCUT2D eigenvalue weighted by atomic mass is 10.1. The molecule has 112 valence electrons. The molecule has 0 aliphatic carbocycles. The predicted octanol–water partition coefficient (Wildman–Crippen LogP) is 2.55. The molecule has 1 aromatic rings. The first-order valence-corrected chi connectivity index (χ1v) is 6.74. The topological polar surface area (TPSA) is 43.8 Å². The maximum Gasteiger partial charge on any atom is 0.337 e. The maximum atomic E-state index is 14.1. The van der Waals surface area contributed by atoms with Gasteiger partial charge >= 0.3 is 5.97 Å². The maximum absolute atomic E-state index is 14.1. The van der Waals surface area contributed by atoms with E-state index in [2.05, 4.69) is 0 Å². The van der Waals surface area contributed by atoms with Crippen LogP contribution in [0.2, 0.25) is 0 Å². The number of benzene rings is 1. The van der Waals surface area contributed by atoms with Crippen molar-refractivity contribution in [1.29, 1.82) is 0 Å². The van der Waals surface area contributed by atoms with Crippen molar-refractivity contribution in [2.75, 3.05) is 38.6 Å². The zero-order valence-corrected chi connectivity index (χ0v) is 12.6. The van der Waals surface area contributed by atoms with Gasteiger partial charge in [0.15, 0.2) is 0 Å². The molecule has 0 aromatic heterocycles. The van der Waals surface area contributed by atoms with Crippen molar-refractivity contribution < 1.29 is 14.3 Å². The summed E-state index contributed by atoms with van der Waals surface area (Å²) in [5, 5.41) is 9.25. The first-order chi connectivity index (χ1) is 9.32. The van der Waals surface area contributed by atoms with Crippen LogP contribution in [0.25, 0.3) is 0 Å². The second-order valence-corrected chi connectivity index (χ2v) is 5.58. The van der Waals surface area contributed by atoms with Crippen LogP contribution in [0.15, 0.2) is 18.2 Å². The molecule has 0 saturated carbocycles. The normalized spacial score (nSPS) is 11.2. The van der Waals surface area contributed by atoms with Gasteiger partial charge < -0.3 is 14.9 Å². The van der Waals surface area contributed by atoms with Crippen LogP contribution < -0.4 is 4.90 Å². The number of para-hydroxylation sites is 1. The van der Waals surface area contributed by atoms with Crippen molar-refractivity contribution in [2.24, 2.45) is 5.92 Å². The third kappa shape index (κ3) is 4.49. The fraction of sp³-hybridized carbons (Fsp3) is 0.533. The highest BCUT2D eigenvalue weighted by molar-refractivity contribution is 5.94. The molecule has 0 amide bonds. The summed E-state index contributed by atoms with van der Waals surface area (Å²) < 4.78 is 14.1. The lowest BCUT2D eigenvalue weighted by Gasteiger charge is -2.29. The van der Waals surface area contributed by atoms with E-state index < -0.39 is 11.8 Å². The van der Waals surface area contributed by atoms with Crippen molar-refractivity contribution in [3.63, 3.8) is 0 Å². The smallest absolute Gasteiger partial charge is 0.337 e. The van der Waals surface area contributed by atoms with E-state index >= 15 is 0 Å². The van der Waals surface area contributed by atoms with E-state index in [1.165, 1.54) is 18.2 Å². The number of carbonyl (C=O) groups is 1. The molecule has 5 heteroatoms. The highest BCUT2D eigenvalue weighted by Crippen LogP contribution is 2.25. The van der Waals surface area contributed by atoms with Gasteiger partial charge in [-0.1, -0.05) is 19.9 Å². The van der Waals surface area contributed by atoms with Crippen molar-refractivity contribution in [3.8, 4) is 0 Å². The van der Waals surface area contributed by atoms with Gasteiger partial charge in [0.2, 0.25) is 0 Å². The van der Waals surface area contributed by atoms with Gasteiger partial charge in [0.1, 0.15) is 5.82 Å². The number of rotatable bonds is 7. The second kappa shape index (κ2) is 7.24. The van der Waals surface area contributed by atoms with Crippen molar-refractivity contribution in [1.82, 2.24) is 4.90 Å². The Morgan fingerprint density at radius 1 is 1.30 bits per heavy atom. The van der Waals surface area contributed by atoms with E-state index in [1.54, 1.807) is 0 Å². The molecule has 0 atom stereocenters. The highest BCUT2D eigenvalue weighted by Gasteiger charge is 2.20. The molecule has 0 radical (unpaired) electrons. The van der Waals surface area contributed by atoms with Gasteiger partial charge in [0, 0.05) is 19.6 Å². The summed E-state index contributed by atoms with van der Waals surface area (Å²) in [6.07, 6.45) is 0. The molecule has 0 heterocycles. The Labute approximate surface area is 119 Å². The van der Waals surface area contributed by atoms with E-state index in [1.807, 2.05) is 37.7 Å². The summed E-state index contributed by atoms with van der Waals surface area (Å²) >= 11 is 0. The number of anilines is 1. The average molecular weight is 282 g/mol. The van der Waals surface area contributed by atoms with Crippen LogP contribution in [0.5, 0.6) is 0 Å². The fourth-order valence-corrected chi connectivity index (χ4v) is 2.07. The average Bonchev–Trinajstić information content (AvgIpc) is 2.33. The zero-order valence-electron chi connectivity index (χ0n) is 12.6. The van der Waals surface area contributed by atoms with Gasteiger partial charge in [-0.05, 0) is 32.1 Å². The molecular formula is C15H23FN2O2. The Morgan fingerprint density at radius 2 is 1.95 bits per heavy atom. The van der Waals surface area contributed by atoms with Crippen molar-refractivity contribution in [2.45, 2.75) is 13.8 Å². The Morgan fingerprint density at radius 3 is 2.45 bits per heavy atom. The lowest BCUT2D eigenvalue weighted by molar-refractivity contribution is 0.0697. The van der Waals surface area contributed by atoms with Gasteiger partial charge in [-0.2, -0.15) is 0 Å². The SMILES string of the molecule is CC(C)CN(CCN(C)C)c1c(F)cccc1C(=O)O. The van der Waals surface area contributed by atoms with Crippen molar-refractivity contribution in [3.05, 3.63) is 29.6 Å². The van der Waals surface area contributed by atoms with Gasteiger partial charge in [-0.15, -0.1) is 0 Å². The van der Waals surface area contributed by atoms with Crippen LogP contribution in [0, 0.1) is 11.7 Å². The van der Waals surface area contributed by atoms with Crippen LogP contribution in [-0.4, -0.2) is 49.7 Å². The van der Waals surface area contributed by atoms with Gasteiger partial charge in [0.05, 0.1) is 11.3 Å².